The number of nitrogens with zero attached hydrogens (tertiary/aromatic N) is 1. The van der Waals surface area contributed by atoms with Crippen molar-refractivity contribution in [3.05, 3.63) is 87.7 Å². The summed E-state index contributed by atoms with van der Waals surface area (Å²) >= 11 is 0. The molecule has 2 amide bonds. The molecule has 1 aromatic heterocycles. The van der Waals surface area contributed by atoms with Crippen molar-refractivity contribution < 1.29 is 23.1 Å². The highest BCUT2D eigenvalue weighted by atomic mass is 19.1. The Morgan fingerprint density at radius 2 is 1.73 bits per heavy atom. The average Bonchev–Trinajstić information content (AvgIpc) is 3.05. The number of rotatable bonds is 7. The molecule has 0 saturated carbocycles. The summed E-state index contributed by atoms with van der Waals surface area (Å²) in [5, 5.41) is 2.46. The summed E-state index contributed by atoms with van der Waals surface area (Å²) in [6, 6.07) is 9.95. The molecular formula is C25H27F2N3O3. The molecule has 3 rings (SSSR count). The number of urea groups is 1. The zero-order valence-electron chi connectivity index (χ0n) is 19.1. The quantitative estimate of drug-likeness (QED) is 0.454. The number of hydrogen-bond acceptors (Lipinski definition) is 3. The number of esters is 1. The van der Waals surface area contributed by atoms with E-state index in [2.05, 4.69) is 10.3 Å². The SMILES string of the molecule is CCOC(=O)c1[nH]c(C)c(CN(Cc2ccc(C)cc2)C(=O)Nc2cc(F)ccc2F)c1C. The molecular weight excluding hydrogens is 428 g/mol. The molecule has 6 nitrogen and oxygen atoms in total. The van der Waals surface area contributed by atoms with Gasteiger partial charge in [0.1, 0.15) is 17.3 Å². The number of H-pyrrole nitrogens is 1. The van der Waals surface area contributed by atoms with Gasteiger partial charge in [0.15, 0.2) is 0 Å². The van der Waals surface area contributed by atoms with Crippen LogP contribution in [0.5, 0.6) is 0 Å². The average molecular weight is 456 g/mol. The van der Waals surface area contributed by atoms with E-state index in [1.54, 1.807) is 20.8 Å². The van der Waals surface area contributed by atoms with Gasteiger partial charge in [0, 0.05) is 24.8 Å². The molecule has 33 heavy (non-hydrogen) atoms. The van der Waals surface area contributed by atoms with Crippen LogP contribution in [-0.2, 0) is 17.8 Å². The van der Waals surface area contributed by atoms with Crippen molar-refractivity contribution in [2.24, 2.45) is 0 Å². The Bertz CT molecular complexity index is 1160. The third kappa shape index (κ3) is 5.77. The first-order valence-electron chi connectivity index (χ1n) is 10.6. The van der Waals surface area contributed by atoms with E-state index < -0.39 is 23.6 Å². The number of aryl methyl sites for hydroxylation is 2. The molecule has 0 aliphatic rings. The van der Waals surface area contributed by atoms with Crippen molar-refractivity contribution in [1.29, 1.82) is 0 Å². The Morgan fingerprint density at radius 3 is 2.39 bits per heavy atom. The van der Waals surface area contributed by atoms with Crippen LogP contribution in [0.1, 0.15) is 45.4 Å². The van der Waals surface area contributed by atoms with Crippen LogP contribution >= 0.6 is 0 Å². The molecule has 3 aromatic rings. The van der Waals surface area contributed by atoms with E-state index in [-0.39, 0.29) is 25.4 Å². The van der Waals surface area contributed by atoms with E-state index in [0.29, 0.717) is 17.0 Å². The van der Waals surface area contributed by atoms with E-state index in [4.69, 9.17) is 4.74 Å². The smallest absolute Gasteiger partial charge is 0.355 e. The van der Waals surface area contributed by atoms with Gasteiger partial charge in [0.05, 0.1) is 12.3 Å². The minimum atomic E-state index is -0.737. The lowest BCUT2D eigenvalue weighted by atomic mass is 10.1. The first-order chi connectivity index (χ1) is 15.7. The number of aromatic nitrogens is 1. The lowest BCUT2D eigenvalue weighted by Crippen LogP contribution is -2.34. The molecule has 2 aromatic carbocycles. The van der Waals surface area contributed by atoms with Gasteiger partial charge in [-0.1, -0.05) is 29.8 Å². The van der Waals surface area contributed by atoms with Crippen LogP contribution in [0.25, 0.3) is 0 Å². The van der Waals surface area contributed by atoms with Gasteiger partial charge in [-0.05, 0) is 56.5 Å². The molecule has 0 bridgehead atoms. The summed E-state index contributed by atoms with van der Waals surface area (Å²) in [5.41, 5.74) is 4.17. The number of nitrogens with one attached hydrogen (secondary N) is 2. The van der Waals surface area contributed by atoms with Gasteiger partial charge in [-0.25, -0.2) is 18.4 Å². The van der Waals surface area contributed by atoms with Crippen molar-refractivity contribution in [3.8, 4) is 0 Å². The van der Waals surface area contributed by atoms with Crippen molar-refractivity contribution in [2.45, 2.75) is 40.8 Å². The van der Waals surface area contributed by atoms with Crippen LogP contribution in [0.2, 0.25) is 0 Å². The molecule has 1 heterocycles. The summed E-state index contributed by atoms with van der Waals surface area (Å²) in [6.07, 6.45) is 0. The number of carbonyl (C=O) groups excluding carboxylic acids is 2. The maximum Gasteiger partial charge on any atom is 0.355 e. The Kier molecular flexibility index (Phi) is 7.48. The summed E-state index contributed by atoms with van der Waals surface area (Å²) in [6.45, 7) is 7.88. The molecule has 0 aliphatic carbocycles. The maximum atomic E-state index is 14.1. The van der Waals surface area contributed by atoms with Gasteiger partial charge in [-0.2, -0.15) is 0 Å². The summed E-state index contributed by atoms with van der Waals surface area (Å²) in [5.74, 6) is -1.87. The molecule has 0 saturated heterocycles. The van der Waals surface area contributed by atoms with Gasteiger partial charge in [0.2, 0.25) is 0 Å². The monoisotopic (exact) mass is 455 g/mol. The van der Waals surface area contributed by atoms with E-state index in [9.17, 15) is 18.4 Å². The predicted octanol–water partition coefficient (Wildman–Crippen LogP) is 5.63. The lowest BCUT2D eigenvalue weighted by molar-refractivity contribution is 0.0519. The molecule has 0 aliphatic heterocycles. The van der Waals surface area contributed by atoms with Gasteiger partial charge in [-0.15, -0.1) is 0 Å². The summed E-state index contributed by atoms with van der Waals surface area (Å²) in [7, 11) is 0. The number of benzene rings is 2. The van der Waals surface area contributed by atoms with E-state index in [1.165, 1.54) is 4.90 Å². The zero-order valence-corrected chi connectivity index (χ0v) is 19.1. The number of anilines is 1. The molecule has 0 atom stereocenters. The van der Waals surface area contributed by atoms with Crippen molar-refractivity contribution in [3.63, 3.8) is 0 Å². The fourth-order valence-electron chi connectivity index (χ4n) is 3.53. The first kappa shape index (κ1) is 24.0. The summed E-state index contributed by atoms with van der Waals surface area (Å²) in [4.78, 5) is 29.9. The lowest BCUT2D eigenvalue weighted by Gasteiger charge is -2.24. The molecule has 0 radical (unpaired) electrons. The van der Waals surface area contributed by atoms with E-state index in [0.717, 1.165) is 34.9 Å². The maximum absolute atomic E-state index is 14.1. The van der Waals surface area contributed by atoms with Gasteiger partial charge >= 0.3 is 12.0 Å². The first-order valence-corrected chi connectivity index (χ1v) is 10.6. The molecule has 0 fully saturated rings. The number of amides is 2. The third-order valence-corrected chi connectivity index (χ3v) is 5.37. The number of hydrogen-bond donors (Lipinski definition) is 2. The second kappa shape index (κ2) is 10.3. The minimum Gasteiger partial charge on any atom is -0.461 e. The summed E-state index contributed by atoms with van der Waals surface area (Å²) < 4.78 is 32.8. The highest BCUT2D eigenvalue weighted by Crippen LogP contribution is 2.23. The van der Waals surface area contributed by atoms with Crippen molar-refractivity contribution in [1.82, 2.24) is 9.88 Å². The van der Waals surface area contributed by atoms with Crippen LogP contribution < -0.4 is 5.32 Å². The largest absolute Gasteiger partial charge is 0.461 e. The Morgan fingerprint density at radius 1 is 1.03 bits per heavy atom. The van der Waals surface area contributed by atoms with Crippen LogP contribution in [0.15, 0.2) is 42.5 Å². The zero-order chi connectivity index (χ0) is 24.1. The highest BCUT2D eigenvalue weighted by Gasteiger charge is 2.23. The number of ether oxygens (including phenoxy) is 1. The van der Waals surface area contributed by atoms with Gasteiger partial charge < -0.3 is 19.9 Å². The van der Waals surface area contributed by atoms with Crippen LogP contribution in [0, 0.1) is 32.4 Å². The number of carbonyl (C=O) groups is 2. The molecule has 0 spiro atoms. The topological polar surface area (TPSA) is 74.4 Å². The Hall–Kier alpha value is -3.68. The molecule has 8 heteroatoms. The fraction of sp³-hybridized carbons (Fsp3) is 0.280. The number of aromatic amines is 1. The Labute approximate surface area is 191 Å². The van der Waals surface area contributed by atoms with Gasteiger partial charge in [0.25, 0.3) is 0 Å². The predicted molar refractivity (Wildman–Crippen MR) is 122 cm³/mol. The van der Waals surface area contributed by atoms with Crippen LogP contribution in [0.3, 0.4) is 0 Å². The standard InChI is InChI=1S/C25H27F2N3O3/c1-5-33-24(31)23-16(3)20(17(4)28-23)14-30(13-18-8-6-15(2)7-9-18)25(32)29-22-12-19(26)10-11-21(22)27/h6-12,28H,5,13-14H2,1-4H3,(H,29,32). The van der Waals surface area contributed by atoms with E-state index >= 15 is 0 Å². The molecule has 0 unspecified atom stereocenters. The Balaban J connectivity index is 1.92. The number of halogens is 2. The normalized spacial score (nSPS) is 10.7. The van der Waals surface area contributed by atoms with Gasteiger partial charge in [-0.3, -0.25) is 0 Å². The van der Waals surface area contributed by atoms with Crippen molar-refractivity contribution >= 4 is 17.7 Å². The highest BCUT2D eigenvalue weighted by molar-refractivity contribution is 5.91. The molecule has 2 N–H and O–H groups in total. The third-order valence-electron chi connectivity index (χ3n) is 5.37. The molecule has 174 valence electrons. The second-order valence-electron chi connectivity index (χ2n) is 7.85. The second-order valence-corrected chi connectivity index (χ2v) is 7.85. The van der Waals surface area contributed by atoms with Crippen LogP contribution in [0.4, 0.5) is 19.3 Å². The minimum absolute atomic E-state index is 0.143. The van der Waals surface area contributed by atoms with E-state index in [1.807, 2.05) is 31.2 Å². The van der Waals surface area contributed by atoms with Crippen molar-refractivity contribution in [2.75, 3.05) is 11.9 Å². The van der Waals surface area contributed by atoms with Crippen LogP contribution in [-0.4, -0.2) is 28.5 Å². The fourth-order valence-corrected chi connectivity index (χ4v) is 3.53.